The highest BCUT2D eigenvalue weighted by Crippen LogP contribution is 2.39. The Kier molecular flexibility index (Phi) is 6.23. The lowest BCUT2D eigenvalue weighted by molar-refractivity contribution is -0.147. The minimum absolute atomic E-state index is 0.00992. The molecule has 4 heteroatoms. The van der Waals surface area contributed by atoms with Crippen LogP contribution in [0, 0.1) is 11.8 Å². The fraction of sp³-hybridized carbons (Fsp3) is 0.682. The van der Waals surface area contributed by atoms with Crippen LogP contribution in [0.2, 0.25) is 0 Å². The first-order valence-electron chi connectivity index (χ1n) is 10.0. The molecule has 2 aliphatic rings. The molecule has 2 aliphatic heterocycles. The summed E-state index contributed by atoms with van der Waals surface area (Å²) >= 11 is 0. The predicted octanol–water partition coefficient (Wildman–Crippen LogP) is 4.07. The van der Waals surface area contributed by atoms with Gasteiger partial charge in [0.05, 0.1) is 12.7 Å². The van der Waals surface area contributed by atoms with Gasteiger partial charge < -0.3 is 14.4 Å². The number of methoxy groups -OCH3 is 1. The van der Waals surface area contributed by atoms with Crippen molar-refractivity contribution in [2.24, 2.45) is 11.8 Å². The number of hydrogen-bond acceptors (Lipinski definition) is 3. The number of rotatable bonds is 5. The molecule has 0 bridgehead atoms. The molecule has 3 rings (SSSR count). The monoisotopic (exact) mass is 359 g/mol. The van der Waals surface area contributed by atoms with Crippen LogP contribution in [-0.2, 0) is 16.0 Å². The summed E-state index contributed by atoms with van der Waals surface area (Å²) in [5.41, 5.74) is 1.36. The van der Waals surface area contributed by atoms with Gasteiger partial charge in [0, 0.05) is 26.1 Å². The standard InChI is InChI=1S/C22H33NO3/c1-17(2)14-21(24)23-11-9-22(10-12-23)16-19(8-13-26-22)15-18-4-6-20(25-3)7-5-18/h4-7,17,19H,8-16H2,1-3H3. The summed E-state index contributed by atoms with van der Waals surface area (Å²) in [7, 11) is 1.70. The maximum Gasteiger partial charge on any atom is 0.222 e. The van der Waals surface area contributed by atoms with Gasteiger partial charge in [0.15, 0.2) is 0 Å². The van der Waals surface area contributed by atoms with Crippen LogP contribution in [-0.4, -0.2) is 43.2 Å². The molecule has 1 aromatic carbocycles. The Hall–Kier alpha value is -1.55. The third-order valence-electron chi connectivity index (χ3n) is 5.89. The third kappa shape index (κ3) is 4.79. The largest absolute Gasteiger partial charge is 0.497 e. The molecule has 1 atom stereocenters. The number of nitrogens with zero attached hydrogens (tertiary/aromatic N) is 1. The van der Waals surface area contributed by atoms with E-state index in [4.69, 9.17) is 9.47 Å². The van der Waals surface area contributed by atoms with Crippen molar-refractivity contribution < 1.29 is 14.3 Å². The Balaban J connectivity index is 1.54. The van der Waals surface area contributed by atoms with Crippen LogP contribution in [0.5, 0.6) is 5.75 Å². The average Bonchev–Trinajstić information content (AvgIpc) is 2.62. The number of hydrogen-bond donors (Lipinski definition) is 0. The summed E-state index contributed by atoms with van der Waals surface area (Å²) in [6.07, 6.45) is 5.97. The quantitative estimate of drug-likeness (QED) is 0.795. The van der Waals surface area contributed by atoms with E-state index in [9.17, 15) is 4.79 Å². The molecule has 0 aromatic heterocycles. The molecule has 0 N–H and O–H groups in total. The van der Waals surface area contributed by atoms with E-state index in [1.54, 1.807) is 7.11 Å². The SMILES string of the molecule is COc1ccc(CC2CCOC3(CCN(C(=O)CC(C)C)CC3)C2)cc1. The van der Waals surface area contributed by atoms with Crippen LogP contribution in [0.25, 0.3) is 0 Å². The molecule has 144 valence electrons. The Morgan fingerprint density at radius 3 is 2.58 bits per heavy atom. The molecule has 1 spiro atoms. The Morgan fingerprint density at radius 1 is 1.27 bits per heavy atom. The maximum atomic E-state index is 12.3. The first-order valence-corrected chi connectivity index (χ1v) is 10.0. The van der Waals surface area contributed by atoms with Crippen LogP contribution in [0.1, 0.15) is 51.5 Å². The molecule has 2 fully saturated rings. The second kappa shape index (κ2) is 8.43. The molecule has 1 amide bonds. The molecule has 4 nitrogen and oxygen atoms in total. The van der Waals surface area contributed by atoms with Crippen molar-refractivity contribution in [2.75, 3.05) is 26.8 Å². The summed E-state index contributed by atoms with van der Waals surface area (Å²) in [6.45, 7) is 6.76. The van der Waals surface area contributed by atoms with E-state index in [1.807, 2.05) is 17.0 Å². The minimum Gasteiger partial charge on any atom is -0.497 e. The van der Waals surface area contributed by atoms with Crippen molar-refractivity contribution in [3.63, 3.8) is 0 Å². The van der Waals surface area contributed by atoms with Gasteiger partial charge in [0.1, 0.15) is 5.75 Å². The fourth-order valence-corrected chi connectivity index (χ4v) is 4.39. The lowest BCUT2D eigenvalue weighted by Crippen LogP contribution is -2.51. The average molecular weight is 360 g/mol. The first kappa shape index (κ1) is 19.2. The number of carbonyl (C=O) groups excluding carboxylic acids is 1. The van der Waals surface area contributed by atoms with Crippen molar-refractivity contribution in [1.82, 2.24) is 4.90 Å². The molecular formula is C22H33NO3. The number of likely N-dealkylation sites (tertiary alicyclic amines) is 1. The molecule has 0 radical (unpaired) electrons. The van der Waals surface area contributed by atoms with Crippen molar-refractivity contribution in [3.05, 3.63) is 29.8 Å². The Labute approximate surface area is 157 Å². The van der Waals surface area contributed by atoms with E-state index in [0.717, 1.165) is 57.6 Å². The second-order valence-corrected chi connectivity index (χ2v) is 8.42. The summed E-state index contributed by atoms with van der Waals surface area (Å²) in [6, 6.07) is 8.44. The van der Waals surface area contributed by atoms with Crippen LogP contribution >= 0.6 is 0 Å². The molecule has 0 aliphatic carbocycles. The van der Waals surface area contributed by atoms with Gasteiger partial charge in [-0.3, -0.25) is 4.79 Å². The zero-order valence-corrected chi connectivity index (χ0v) is 16.5. The zero-order valence-electron chi connectivity index (χ0n) is 16.5. The number of ether oxygens (including phenoxy) is 2. The van der Waals surface area contributed by atoms with Crippen LogP contribution in [0.15, 0.2) is 24.3 Å². The normalized spacial score (nSPS) is 22.6. The summed E-state index contributed by atoms with van der Waals surface area (Å²) in [4.78, 5) is 14.4. The molecular weight excluding hydrogens is 326 g/mol. The summed E-state index contributed by atoms with van der Waals surface area (Å²) in [5.74, 6) is 2.31. The number of benzene rings is 1. The van der Waals surface area contributed by atoms with Crippen LogP contribution < -0.4 is 4.74 Å². The van der Waals surface area contributed by atoms with Gasteiger partial charge in [-0.1, -0.05) is 26.0 Å². The van der Waals surface area contributed by atoms with Crippen molar-refractivity contribution in [3.8, 4) is 5.75 Å². The Morgan fingerprint density at radius 2 is 1.96 bits per heavy atom. The van der Waals surface area contributed by atoms with Gasteiger partial charge in [-0.15, -0.1) is 0 Å². The fourth-order valence-electron chi connectivity index (χ4n) is 4.39. The second-order valence-electron chi connectivity index (χ2n) is 8.42. The van der Waals surface area contributed by atoms with Gasteiger partial charge >= 0.3 is 0 Å². The van der Waals surface area contributed by atoms with Crippen LogP contribution in [0.3, 0.4) is 0 Å². The van der Waals surface area contributed by atoms with Crippen molar-refractivity contribution >= 4 is 5.91 Å². The predicted molar refractivity (Wildman–Crippen MR) is 103 cm³/mol. The maximum absolute atomic E-state index is 12.3. The molecule has 1 unspecified atom stereocenters. The third-order valence-corrected chi connectivity index (χ3v) is 5.89. The van der Waals surface area contributed by atoms with Gasteiger partial charge in [-0.2, -0.15) is 0 Å². The van der Waals surface area contributed by atoms with Crippen molar-refractivity contribution in [2.45, 2.75) is 58.0 Å². The van der Waals surface area contributed by atoms with E-state index in [-0.39, 0.29) is 5.60 Å². The number of carbonyl (C=O) groups is 1. The van der Waals surface area contributed by atoms with Crippen molar-refractivity contribution in [1.29, 1.82) is 0 Å². The lowest BCUT2D eigenvalue weighted by Gasteiger charge is -2.46. The van der Waals surface area contributed by atoms with Gasteiger partial charge in [-0.25, -0.2) is 0 Å². The lowest BCUT2D eigenvalue weighted by atomic mass is 9.77. The highest BCUT2D eigenvalue weighted by atomic mass is 16.5. The highest BCUT2D eigenvalue weighted by Gasteiger charge is 2.41. The summed E-state index contributed by atoms with van der Waals surface area (Å²) in [5, 5.41) is 0. The van der Waals surface area contributed by atoms with E-state index in [1.165, 1.54) is 5.56 Å². The summed E-state index contributed by atoms with van der Waals surface area (Å²) < 4.78 is 11.5. The van der Waals surface area contributed by atoms with Gasteiger partial charge in [0.2, 0.25) is 5.91 Å². The number of amides is 1. The van der Waals surface area contributed by atoms with Crippen LogP contribution in [0.4, 0.5) is 0 Å². The Bertz CT molecular complexity index is 588. The molecule has 2 heterocycles. The zero-order chi connectivity index (χ0) is 18.6. The number of piperidine rings is 1. The first-order chi connectivity index (χ1) is 12.5. The molecule has 0 saturated carbocycles. The van der Waals surface area contributed by atoms with E-state index >= 15 is 0 Å². The van der Waals surface area contributed by atoms with Gasteiger partial charge in [-0.05, 0) is 61.6 Å². The van der Waals surface area contributed by atoms with E-state index in [0.29, 0.717) is 24.2 Å². The van der Waals surface area contributed by atoms with E-state index < -0.39 is 0 Å². The van der Waals surface area contributed by atoms with E-state index in [2.05, 4.69) is 26.0 Å². The van der Waals surface area contributed by atoms with Gasteiger partial charge in [0.25, 0.3) is 0 Å². The minimum atomic E-state index is -0.00992. The molecule has 1 aromatic rings. The smallest absolute Gasteiger partial charge is 0.222 e. The topological polar surface area (TPSA) is 38.8 Å². The molecule has 2 saturated heterocycles. The molecule has 26 heavy (non-hydrogen) atoms. The highest BCUT2D eigenvalue weighted by molar-refractivity contribution is 5.76.